The third-order valence-electron chi connectivity index (χ3n) is 5.18. The summed E-state index contributed by atoms with van der Waals surface area (Å²) in [6, 6.07) is 10.0. The molecule has 0 fully saturated rings. The Hall–Kier alpha value is -4.66. The van der Waals surface area contributed by atoms with Crippen LogP contribution in [0.1, 0.15) is 17.0 Å². The molecule has 0 aliphatic carbocycles. The van der Waals surface area contributed by atoms with Crippen LogP contribution < -0.4 is 0 Å². The molecule has 0 saturated carbocycles. The largest absolute Gasteiger partial charge is 0.490 e. The predicted octanol–water partition coefficient (Wildman–Crippen LogP) is 4.62. The summed E-state index contributed by atoms with van der Waals surface area (Å²) in [5.74, 6) is -7.88. The van der Waals surface area contributed by atoms with Crippen molar-refractivity contribution in [3.63, 3.8) is 0 Å². The van der Waals surface area contributed by atoms with Crippen LogP contribution in [0.25, 0.3) is 0 Å². The van der Waals surface area contributed by atoms with Crippen LogP contribution in [-0.2, 0) is 45.4 Å². The van der Waals surface area contributed by atoms with Gasteiger partial charge in [0.25, 0.3) is 0 Å². The Bertz CT molecular complexity index is 1290. The van der Waals surface area contributed by atoms with Gasteiger partial charge >= 0.3 is 36.4 Å². The number of aliphatic carboxylic acids is 3. The maximum absolute atomic E-state index is 10.6. The van der Waals surface area contributed by atoms with Crippen LogP contribution in [0.4, 0.5) is 39.5 Å². The number of hydrogen-bond donors (Lipinski definition) is 3. The van der Waals surface area contributed by atoms with E-state index in [4.69, 9.17) is 38.9 Å². The van der Waals surface area contributed by atoms with Crippen molar-refractivity contribution in [2.75, 3.05) is 13.2 Å². The fraction of sp³-hybridized carbons (Fsp3) is 0.400. The van der Waals surface area contributed by atoms with Gasteiger partial charge in [0.2, 0.25) is 0 Å². The van der Waals surface area contributed by atoms with Gasteiger partial charge in [0.15, 0.2) is 0 Å². The Morgan fingerprint density at radius 3 is 1.87 bits per heavy atom. The molecule has 0 amide bonds. The first-order chi connectivity index (χ1) is 21.2. The normalized spacial score (nSPS) is 14.9. The summed E-state index contributed by atoms with van der Waals surface area (Å²) in [7, 11) is 0. The van der Waals surface area contributed by atoms with E-state index >= 15 is 0 Å². The van der Waals surface area contributed by atoms with Crippen LogP contribution in [0.5, 0.6) is 0 Å². The van der Waals surface area contributed by atoms with Crippen molar-refractivity contribution in [2.24, 2.45) is 5.92 Å². The number of carbonyl (C=O) groups is 3. The summed E-state index contributed by atoms with van der Waals surface area (Å²) in [6.07, 6.45) is -8.03. The van der Waals surface area contributed by atoms with Crippen molar-refractivity contribution in [3.05, 3.63) is 72.2 Å². The summed E-state index contributed by atoms with van der Waals surface area (Å²) < 4.78 is 108. The number of carboxylic acid groups (broad SMARTS) is 3. The van der Waals surface area contributed by atoms with Crippen molar-refractivity contribution in [3.8, 4) is 0 Å². The van der Waals surface area contributed by atoms with Gasteiger partial charge < -0.3 is 24.5 Å². The van der Waals surface area contributed by atoms with E-state index in [0.717, 1.165) is 31.9 Å². The summed E-state index contributed by atoms with van der Waals surface area (Å²) >= 11 is 0. The van der Waals surface area contributed by atoms with Gasteiger partial charge in [-0.25, -0.2) is 14.4 Å². The first-order valence-corrected chi connectivity index (χ1v) is 12.3. The molecule has 1 aliphatic heterocycles. The molecule has 0 spiro atoms. The number of fused-ring (bicyclic) bond motifs is 1. The monoisotopic (exact) mass is 680 g/mol. The maximum atomic E-state index is 10.6. The number of carboxylic acids is 3. The van der Waals surface area contributed by atoms with E-state index in [1.807, 2.05) is 36.7 Å². The lowest BCUT2D eigenvalue weighted by molar-refractivity contribution is -0.193. The predicted molar refractivity (Wildman–Crippen MR) is 134 cm³/mol. The molecule has 1 unspecified atom stereocenters. The van der Waals surface area contributed by atoms with Crippen molar-refractivity contribution < 1.29 is 78.4 Å². The van der Waals surface area contributed by atoms with Gasteiger partial charge in [-0.1, -0.05) is 6.07 Å². The standard InChI is InChI=1S/C19H22N4O2.3C2HF3O2/c1-2-6-20-18(3-1)15-25-14-17-10-22(9-16-5-8-24-13-16)12-19-4-7-21-23(19)11-17;3*3-2(4,5)1(6)7/h1-8,13,17H,9-12,14-15H2;3*(H,6,7). The van der Waals surface area contributed by atoms with E-state index in [9.17, 15) is 39.5 Å². The number of alkyl halides is 9. The fourth-order valence-corrected chi connectivity index (χ4v) is 3.30. The highest BCUT2D eigenvalue weighted by atomic mass is 19.4. The second-order valence-electron chi connectivity index (χ2n) is 8.92. The first-order valence-electron chi connectivity index (χ1n) is 12.3. The number of ether oxygens (including phenoxy) is 1. The summed E-state index contributed by atoms with van der Waals surface area (Å²) in [4.78, 5) is 33.4. The molecule has 46 heavy (non-hydrogen) atoms. The molecule has 0 radical (unpaired) electrons. The average Bonchev–Trinajstić information content (AvgIpc) is 3.58. The van der Waals surface area contributed by atoms with Gasteiger partial charge in [0.05, 0.1) is 37.1 Å². The molecule has 256 valence electrons. The lowest BCUT2D eigenvalue weighted by Gasteiger charge is -2.23. The SMILES string of the molecule is O=C(O)C(F)(F)F.O=C(O)C(F)(F)F.O=C(O)C(F)(F)F.c1ccc(COCC2CN(Cc3ccoc3)Cc3ccnn3C2)nc1. The second-order valence-corrected chi connectivity index (χ2v) is 8.92. The molecule has 0 aromatic carbocycles. The third kappa shape index (κ3) is 15.9. The van der Waals surface area contributed by atoms with Crippen LogP contribution in [0.3, 0.4) is 0 Å². The van der Waals surface area contributed by atoms with E-state index < -0.39 is 36.4 Å². The van der Waals surface area contributed by atoms with Gasteiger partial charge in [-0.05, 0) is 24.3 Å². The van der Waals surface area contributed by atoms with Crippen LogP contribution in [0, 0.1) is 5.92 Å². The van der Waals surface area contributed by atoms with E-state index in [2.05, 4.69) is 25.7 Å². The molecule has 3 aromatic rings. The zero-order valence-corrected chi connectivity index (χ0v) is 23.1. The van der Waals surface area contributed by atoms with E-state index in [1.165, 1.54) is 11.3 Å². The highest BCUT2D eigenvalue weighted by Gasteiger charge is 2.39. The van der Waals surface area contributed by atoms with Crippen LogP contribution in [0.15, 0.2) is 59.7 Å². The van der Waals surface area contributed by atoms with Gasteiger partial charge in [0.1, 0.15) is 0 Å². The topological polar surface area (TPSA) is 168 Å². The van der Waals surface area contributed by atoms with Crippen molar-refractivity contribution in [2.45, 2.75) is 44.8 Å². The molecule has 0 bridgehead atoms. The Labute approximate surface area is 252 Å². The minimum Gasteiger partial charge on any atom is -0.475 e. The Morgan fingerprint density at radius 2 is 1.41 bits per heavy atom. The lowest BCUT2D eigenvalue weighted by Crippen LogP contribution is -2.30. The summed E-state index contributed by atoms with van der Waals surface area (Å²) in [6.45, 7) is 4.85. The highest BCUT2D eigenvalue weighted by Crippen LogP contribution is 2.19. The number of hydrogen-bond acceptors (Lipinski definition) is 8. The zero-order chi connectivity index (χ0) is 35.1. The molecular weight excluding hydrogens is 655 g/mol. The number of nitrogens with zero attached hydrogens (tertiary/aromatic N) is 4. The van der Waals surface area contributed by atoms with Gasteiger partial charge in [-0.2, -0.15) is 44.6 Å². The van der Waals surface area contributed by atoms with Crippen molar-refractivity contribution in [1.82, 2.24) is 19.7 Å². The highest BCUT2D eigenvalue weighted by molar-refractivity contribution is 5.73. The first kappa shape index (κ1) is 39.4. The smallest absolute Gasteiger partial charge is 0.475 e. The quantitative estimate of drug-likeness (QED) is 0.311. The van der Waals surface area contributed by atoms with E-state index in [0.29, 0.717) is 19.1 Å². The minimum atomic E-state index is -5.08. The molecule has 4 rings (SSSR count). The Kier molecular flexibility index (Phi) is 15.2. The fourth-order valence-electron chi connectivity index (χ4n) is 3.30. The van der Waals surface area contributed by atoms with Crippen LogP contribution >= 0.6 is 0 Å². The summed E-state index contributed by atoms with van der Waals surface area (Å²) in [5, 5.41) is 25.8. The molecule has 1 aliphatic rings. The maximum Gasteiger partial charge on any atom is 0.490 e. The molecule has 4 heterocycles. The number of rotatable bonds is 6. The number of pyridine rings is 1. The molecule has 1 atom stereocenters. The van der Waals surface area contributed by atoms with Crippen molar-refractivity contribution >= 4 is 17.9 Å². The van der Waals surface area contributed by atoms with Crippen molar-refractivity contribution in [1.29, 1.82) is 0 Å². The number of aromatic nitrogens is 3. The van der Waals surface area contributed by atoms with Crippen LogP contribution in [0.2, 0.25) is 0 Å². The average molecular weight is 680 g/mol. The van der Waals surface area contributed by atoms with Gasteiger partial charge in [-0.3, -0.25) is 14.6 Å². The minimum absolute atomic E-state index is 0.386. The summed E-state index contributed by atoms with van der Waals surface area (Å²) in [5.41, 5.74) is 3.41. The second kappa shape index (κ2) is 17.7. The molecule has 0 saturated heterocycles. The Morgan fingerprint density at radius 1 is 0.848 bits per heavy atom. The van der Waals surface area contributed by atoms with Gasteiger partial charge in [0, 0.05) is 50.1 Å². The number of halogens is 9. The number of furan rings is 1. The van der Waals surface area contributed by atoms with Crippen LogP contribution in [-0.4, -0.2) is 84.6 Å². The molecule has 3 N–H and O–H groups in total. The Balaban J connectivity index is 0.000000413. The zero-order valence-electron chi connectivity index (χ0n) is 23.1. The molecule has 21 heteroatoms. The van der Waals surface area contributed by atoms with E-state index in [1.54, 1.807) is 12.5 Å². The van der Waals surface area contributed by atoms with E-state index in [-0.39, 0.29) is 0 Å². The molecular formula is C25H25F9N4O8. The van der Waals surface area contributed by atoms with Gasteiger partial charge in [-0.15, -0.1) is 0 Å². The molecule has 3 aromatic heterocycles. The molecule has 12 nitrogen and oxygen atoms in total. The lowest BCUT2D eigenvalue weighted by atomic mass is 10.1. The third-order valence-corrected chi connectivity index (χ3v) is 5.18.